The van der Waals surface area contributed by atoms with E-state index in [9.17, 15) is 9.90 Å². The van der Waals surface area contributed by atoms with Crippen LogP contribution < -0.4 is 5.32 Å². The first-order valence-corrected chi connectivity index (χ1v) is 7.00. The van der Waals surface area contributed by atoms with Gasteiger partial charge in [0, 0.05) is 37.4 Å². The van der Waals surface area contributed by atoms with Crippen LogP contribution in [-0.4, -0.2) is 40.3 Å². The zero-order valence-corrected chi connectivity index (χ0v) is 12.4. The van der Waals surface area contributed by atoms with Crippen LogP contribution in [0.25, 0.3) is 5.69 Å². The third-order valence-electron chi connectivity index (χ3n) is 3.23. The molecule has 112 valence electrons. The minimum atomic E-state index is -0.405. The molecule has 21 heavy (non-hydrogen) atoms. The lowest BCUT2D eigenvalue weighted by Crippen LogP contribution is -2.33. The molecule has 0 aliphatic rings. The second kappa shape index (κ2) is 6.95. The van der Waals surface area contributed by atoms with Crippen molar-refractivity contribution in [2.45, 2.75) is 19.4 Å². The highest BCUT2D eigenvalue weighted by Crippen LogP contribution is 2.15. The van der Waals surface area contributed by atoms with E-state index in [0.717, 1.165) is 11.4 Å². The number of amides is 2. The molecule has 1 heterocycles. The van der Waals surface area contributed by atoms with Crippen LogP contribution in [0.3, 0.4) is 0 Å². The first-order chi connectivity index (χ1) is 10.1. The molecule has 0 bridgehead atoms. The number of benzene rings is 1. The van der Waals surface area contributed by atoms with Crippen LogP contribution in [0, 0.1) is 0 Å². The molecular formula is C16H21N3O2. The average Bonchev–Trinajstić information content (AvgIpc) is 2.99. The van der Waals surface area contributed by atoms with Crippen LogP contribution in [0.5, 0.6) is 0 Å². The number of nitrogens with one attached hydrogen (secondary N) is 1. The Morgan fingerprint density at radius 1 is 1.33 bits per heavy atom. The van der Waals surface area contributed by atoms with Gasteiger partial charge in [0.25, 0.3) is 0 Å². The van der Waals surface area contributed by atoms with Gasteiger partial charge in [-0.15, -0.1) is 0 Å². The van der Waals surface area contributed by atoms with Crippen molar-refractivity contribution in [3.05, 3.63) is 48.8 Å². The maximum atomic E-state index is 12.0. The van der Waals surface area contributed by atoms with Gasteiger partial charge in [0.15, 0.2) is 0 Å². The van der Waals surface area contributed by atoms with Crippen molar-refractivity contribution in [1.29, 1.82) is 0 Å². The number of rotatable bonds is 5. The maximum Gasteiger partial charge on any atom is 0.321 e. The Hall–Kier alpha value is -2.27. The number of aliphatic hydroxyl groups is 1. The van der Waals surface area contributed by atoms with Gasteiger partial charge in [-0.25, -0.2) is 4.79 Å². The van der Waals surface area contributed by atoms with E-state index >= 15 is 0 Å². The maximum absolute atomic E-state index is 12.0. The molecule has 1 aromatic carbocycles. The minimum Gasteiger partial charge on any atom is -0.393 e. The van der Waals surface area contributed by atoms with Crippen LogP contribution in [0.4, 0.5) is 10.5 Å². The molecule has 0 spiro atoms. The SMILES string of the molecule is C[C@H](O)CCN(C)C(=O)Nc1cccc(-n2cccc2)c1. The topological polar surface area (TPSA) is 57.5 Å². The number of urea groups is 1. The molecule has 0 aliphatic heterocycles. The lowest BCUT2D eigenvalue weighted by atomic mass is 10.2. The standard InChI is InChI=1S/C16H21N3O2/c1-13(20)8-11-18(2)16(21)17-14-6-5-7-15(12-14)19-9-3-4-10-19/h3-7,9-10,12-13,20H,8,11H2,1-2H3,(H,17,21)/t13-/m0/s1. The third kappa shape index (κ3) is 4.36. The summed E-state index contributed by atoms with van der Waals surface area (Å²) in [6, 6.07) is 11.4. The molecular weight excluding hydrogens is 266 g/mol. The molecule has 0 radical (unpaired) electrons. The molecule has 0 unspecified atom stereocenters. The lowest BCUT2D eigenvalue weighted by molar-refractivity contribution is 0.167. The second-order valence-electron chi connectivity index (χ2n) is 5.13. The Bertz CT molecular complexity index is 579. The summed E-state index contributed by atoms with van der Waals surface area (Å²) in [7, 11) is 1.72. The molecule has 2 rings (SSSR count). The molecule has 1 atom stereocenters. The van der Waals surface area contributed by atoms with E-state index in [1.807, 2.05) is 53.4 Å². The van der Waals surface area contributed by atoms with Crippen molar-refractivity contribution in [2.24, 2.45) is 0 Å². The molecule has 5 heteroatoms. The van der Waals surface area contributed by atoms with E-state index in [0.29, 0.717) is 13.0 Å². The molecule has 0 aliphatic carbocycles. The summed E-state index contributed by atoms with van der Waals surface area (Å²) in [6.07, 6.45) is 4.07. The number of nitrogens with zero attached hydrogens (tertiary/aromatic N) is 2. The van der Waals surface area contributed by atoms with Crippen molar-refractivity contribution in [2.75, 3.05) is 18.9 Å². The fourth-order valence-electron chi connectivity index (χ4n) is 1.95. The first-order valence-electron chi connectivity index (χ1n) is 7.00. The summed E-state index contributed by atoms with van der Waals surface area (Å²) in [5.41, 5.74) is 1.74. The quantitative estimate of drug-likeness (QED) is 0.888. The number of anilines is 1. The number of hydrogen-bond acceptors (Lipinski definition) is 2. The molecule has 0 saturated carbocycles. The Balaban J connectivity index is 1.99. The van der Waals surface area contributed by atoms with Gasteiger partial charge in [0.1, 0.15) is 0 Å². The van der Waals surface area contributed by atoms with E-state index in [-0.39, 0.29) is 6.03 Å². The van der Waals surface area contributed by atoms with Gasteiger partial charge < -0.3 is 19.9 Å². The summed E-state index contributed by atoms with van der Waals surface area (Å²) >= 11 is 0. The summed E-state index contributed by atoms with van der Waals surface area (Å²) in [5, 5.41) is 12.1. The number of aromatic nitrogens is 1. The van der Waals surface area contributed by atoms with E-state index < -0.39 is 6.10 Å². The van der Waals surface area contributed by atoms with Crippen LogP contribution in [0.1, 0.15) is 13.3 Å². The number of aliphatic hydroxyl groups excluding tert-OH is 1. The smallest absolute Gasteiger partial charge is 0.321 e. The molecule has 0 fully saturated rings. The highest BCUT2D eigenvalue weighted by Gasteiger charge is 2.10. The predicted octanol–water partition coefficient (Wildman–Crippen LogP) is 2.71. The average molecular weight is 287 g/mol. The number of hydrogen-bond donors (Lipinski definition) is 2. The van der Waals surface area contributed by atoms with Crippen molar-refractivity contribution in [3.8, 4) is 5.69 Å². The Labute approximate surface area is 124 Å². The highest BCUT2D eigenvalue weighted by atomic mass is 16.3. The minimum absolute atomic E-state index is 0.180. The van der Waals surface area contributed by atoms with Gasteiger partial charge >= 0.3 is 6.03 Å². The van der Waals surface area contributed by atoms with Crippen molar-refractivity contribution in [1.82, 2.24) is 9.47 Å². The number of carbonyl (C=O) groups is 1. The predicted molar refractivity (Wildman–Crippen MR) is 83.7 cm³/mol. The highest BCUT2D eigenvalue weighted by molar-refractivity contribution is 5.89. The fraction of sp³-hybridized carbons (Fsp3) is 0.312. The van der Waals surface area contributed by atoms with E-state index in [1.54, 1.807) is 18.9 Å². The van der Waals surface area contributed by atoms with Gasteiger partial charge in [-0.2, -0.15) is 0 Å². The summed E-state index contributed by atoms with van der Waals surface area (Å²) < 4.78 is 1.98. The molecule has 2 N–H and O–H groups in total. The van der Waals surface area contributed by atoms with Gasteiger partial charge in [0.2, 0.25) is 0 Å². The number of carbonyl (C=O) groups excluding carboxylic acids is 1. The molecule has 2 amide bonds. The van der Waals surface area contributed by atoms with E-state index in [4.69, 9.17) is 0 Å². The van der Waals surface area contributed by atoms with Crippen LogP contribution in [0.2, 0.25) is 0 Å². The first kappa shape index (κ1) is 15.1. The second-order valence-corrected chi connectivity index (χ2v) is 5.13. The van der Waals surface area contributed by atoms with Gasteiger partial charge in [0.05, 0.1) is 6.10 Å². The Kier molecular flexibility index (Phi) is 5.00. The Morgan fingerprint density at radius 3 is 2.71 bits per heavy atom. The zero-order valence-electron chi connectivity index (χ0n) is 12.4. The summed E-state index contributed by atoms with van der Waals surface area (Å²) in [5.74, 6) is 0. The van der Waals surface area contributed by atoms with Crippen molar-refractivity contribution in [3.63, 3.8) is 0 Å². The lowest BCUT2D eigenvalue weighted by Gasteiger charge is -2.19. The van der Waals surface area contributed by atoms with Gasteiger partial charge in [-0.3, -0.25) is 0 Å². The van der Waals surface area contributed by atoms with Crippen molar-refractivity contribution < 1.29 is 9.90 Å². The van der Waals surface area contributed by atoms with E-state index in [2.05, 4.69) is 5.32 Å². The van der Waals surface area contributed by atoms with Crippen LogP contribution in [-0.2, 0) is 0 Å². The summed E-state index contributed by atoms with van der Waals surface area (Å²) in [4.78, 5) is 13.6. The third-order valence-corrected chi connectivity index (χ3v) is 3.23. The van der Waals surface area contributed by atoms with Crippen LogP contribution >= 0.6 is 0 Å². The monoisotopic (exact) mass is 287 g/mol. The van der Waals surface area contributed by atoms with Gasteiger partial charge in [-0.05, 0) is 43.7 Å². The zero-order chi connectivity index (χ0) is 15.2. The summed E-state index contributed by atoms with van der Waals surface area (Å²) in [6.45, 7) is 2.23. The molecule has 1 aromatic heterocycles. The largest absolute Gasteiger partial charge is 0.393 e. The molecule has 2 aromatic rings. The van der Waals surface area contributed by atoms with E-state index in [1.165, 1.54) is 0 Å². The van der Waals surface area contributed by atoms with Crippen LogP contribution in [0.15, 0.2) is 48.8 Å². The Morgan fingerprint density at radius 2 is 2.05 bits per heavy atom. The normalized spacial score (nSPS) is 12.0. The molecule has 5 nitrogen and oxygen atoms in total. The van der Waals surface area contributed by atoms with Crippen molar-refractivity contribution >= 4 is 11.7 Å². The molecule has 0 saturated heterocycles. The fourth-order valence-corrected chi connectivity index (χ4v) is 1.95. The van der Waals surface area contributed by atoms with Gasteiger partial charge in [-0.1, -0.05) is 6.07 Å².